The summed E-state index contributed by atoms with van der Waals surface area (Å²) in [5.74, 6) is -2.59. The molecule has 0 radical (unpaired) electrons. The maximum atomic E-state index is 13.5. The Morgan fingerprint density at radius 3 is 2.27 bits per heavy atom. The molecule has 0 spiro atoms. The third-order valence-electron chi connectivity index (χ3n) is 11.6. The molecule has 22 nitrogen and oxygen atoms in total. The number of carbonyl (C=O) groups excluding carboxylic acids is 9. The average molecular weight is 1030 g/mol. The number of amides is 11. The third kappa shape index (κ3) is 17.7. The minimum Gasteiger partial charge on any atom is -0.445 e. The van der Waals surface area contributed by atoms with Crippen LogP contribution in [0.25, 0.3) is 0 Å². The van der Waals surface area contributed by atoms with Crippen LogP contribution in [0.4, 0.5) is 30.6 Å². The number of nitrogens with one attached hydrogen (secondary N) is 7. The number of urea groups is 2. The van der Waals surface area contributed by atoms with Crippen LogP contribution in [0.2, 0.25) is 5.02 Å². The van der Waals surface area contributed by atoms with E-state index in [0.717, 1.165) is 16.7 Å². The summed E-state index contributed by atoms with van der Waals surface area (Å²) in [6.07, 6.45) is -0.0172. The zero-order chi connectivity index (χ0) is 53.4. The summed E-state index contributed by atoms with van der Waals surface area (Å²) in [7, 11) is 1.58. The normalized spacial score (nSPS) is 15.0. The zero-order valence-corrected chi connectivity index (χ0v) is 42.6. The van der Waals surface area contributed by atoms with Crippen LogP contribution in [-0.2, 0) is 59.5 Å². The van der Waals surface area contributed by atoms with E-state index in [4.69, 9.17) is 31.5 Å². The summed E-state index contributed by atoms with van der Waals surface area (Å²) < 4.78 is 16.5. The van der Waals surface area contributed by atoms with Crippen LogP contribution in [0, 0.1) is 5.92 Å². The number of primary amides is 1. The van der Waals surface area contributed by atoms with Gasteiger partial charge in [0.1, 0.15) is 30.3 Å². The summed E-state index contributed by atoms with van der Waals surface area (Å²) >= 11 is 6.53. The fraction of sp³-hybridized carbons (Fsp3) is 0.460. The van der Waals surface area contributed by atoms with Crippen molar-refractivity contribution in [2.45, 2.75) is 110 Å². The third-order valence-corrected chi connectivity index (χ3v) is 11.9. The van der Waals surface area contributed by atoms with Crippen LogP contribution in [0.3, 0.4) is 0 Å². The van der Waals surface area contributed by atoms with E-state index < -0.39 is 65.7 Å². The number of nitrogens with zero attached hydrogens (tertiary/aromatic N) is 2. The lowest BCUT2D eigenvalue weighted by molar-refractivity contribution is -0.137. The van der Waals surface area contributed by atoms with Gasteiger partial charge in [0.25, 0.3) is 5.91 Å². The Morgan fingerprint density at radius 2 is 1.60 bits per heavy atom. The largest absolute Gasteiger partial charge is 0.445 e. The lowest BCUT2D eigenvalue weighted by atomic mass is 10.0. The van der Waals surface area contributed by atoms with Crippen molar-refractivity contribution in [2.24, 2.45) is 11.7 Å². The van der Waals surface area contributed by atoms with Crippen molar-refractivity contribution >= 4 is 76.8 Å². The van der Waals surface area contributed by atoms with Gasteiger partial charge in [0, 0.05) is 61.6 Å². The Labute approximate surface area is 428 Å². The van der Waals surface area contributed by atoms with E-state index in [1.165, 1.54) is 9.80 Å². The van der Waals surface area contributed by atoms with E-state index in [1.54, 1.807) is 96.3 Å². The highest BCUT2D eigenvalue weighted by molar-refractivity contribution is 6.31. The van der Waals surface area contributed by atoms with Gasteiger partial charge < -0.3 is 61.6 Å². The van der Waals surface area contributed by atoms with Gasteiger partial charge in [-0.2, -0.15) is 0 Å². The minimum atomic E-state index is -1.04. The molecule has 73 heavy (non-hydrogen) atoms. The molecule has 0 aliphatic carbocycles. The highest BCUT2D eigenvalue weighted by atomic mass is 35.5. The zero-order valence-electron chi connectivity index (χ0n) is 41.8. The number of nitrogens with two attached hydrogens (primary N) is 1. The van der Waals surface area contributed by atoms with Crippen molar-refractivity contribution in [1.29, 1.82) is 0 Å². The van der Waals surface area contributed by atoms with Crippen molar-refractivity contribution in [1.82, 2.24) is 36.4 Å². The minimum absolute atomic E-state index is 0.0531. The molecule has 1 fully saturated rings. The van der Waals surface area contributed by atoms with Gasteiger partial charge in [0.15, 0.2) is 0 Å². The summed E-state index contributed by atoms with van der Waals surface area (Å²) in [4.78, 5) is 116. The second kappa shape index (κ2) is 26.3. The van der Waals surface area contributed by atoms with E-state index in [9.17, 15) is 43.2 Å². The molecular formula is C50H65ClN10O12. The van der Waals surface area contributed by atoms with Crippen LogP contribution in [-0.4, -0.2) is 121 Å². The van der Waals surface area contributed by atoms with Gasteiger partial charge in [0.2, 0.25) is 23.6 Å². The fourth-order valence-corrected chi connectivity index (χ4v) is 7.96. The molecule has 394 valence electrons. The Kier molecular flexibility index (Phi) is 20.3. The topological polar surface area (TPSA) is 298 Å². The average Bonchev–Trinajstić information content (AvgIpc) is 3.64. The van der Waals surface area contributed by atoms with E-state index in [0.29, 0.717) is 47.0 Å². The predicted molar refractivity (Wildman–Crippen MR) is 269 cm³/mol. The number of alkyl carbamates (subject to hydrolysis) is 1. The number of imide groups is 1. The van der Waals surface area contributed by atoms with Crippen molar-refractivity contribution in [3.05, 3.63) is 93.5 Å². The van der Waals surface area contributed by atoms with Crippen LogP contribution in [0.5, 0.6) is 0 Å². The van der Waals surface area contributed by atoms with Gasteiger partial charge >= 0.3 is 24.2 Å². The number of ether oxygens (including phenoxy) is 3. The molecule has 5 rings (SSSR count). The first-order valence-electron chi connectivity index (χ1n) is 23.8. The molecule has 0 saturated carbocycles. The lowest BCUT2D eigenvalue weighted by Gasteiger charge is -2.29. The second-order valence-electron chi connectivity index (χ2n) is 18.9. The molecule has 3 atom stereocenters. The van der Waals surface area contributed by atoms with Gasteiger partial charge in [-0.1, -0.05) is 55.8 Å². The smallest absolute Gasteiger partial charge is 0.409 e. The SMILES string of the molecule is CC(C)[C@H](NC(=O)OC(C)(C)C)C(=O)N[C@@H](CCCNC(N)=O)C(=O)Nc1ccc(COC(=O)N(C)CCOCCc2ccc(NC(=O)NCc3ccc4c(c3)CN(C3CCC(=O)NC3=O)C4=O)cc2Cl)cc1. The van der Waals surface area contributed by atoms with Crippen LogP contribution < -0.4 is 43.0 Å². The van der Waals surface area contributed by atoms with Gasteiger partial charge in [-0.15, -0.1) is 0 Å². The van der Waals surface area contributed by atoms with Crippen LogP contribution >= 0.6 is 11.6 Å². The van der Waals surface area contributed by atoms with Gasteiger partial charge in [-0.3, -0.25) is 29.3 Å². The molecule has 0 aromatic heterocycles. The monoisotopic (exact) mass is 1030 g/mol. The highest BCUT2D eigenvalue weighted by Gasteiger charge is 2.39. The van der Waals surface area contributed by atoms with Crippen molar-refractivity contribution < 1.29 is 57.4 Å². The number of hydrogen-bond donors (Lipinski definition) is 8. The summed E-state index contributed by atoms with van der Waals surface area (Å²) in [6, 6.07) is 13.0. The molecule has 2 aliphatic heterocycles. The maximum absolute atomic E-state index is 13.5. The van der Waals surface area contributed by atoms with E-state index in [-0.39, 0.29) is 76.4 Å². The Balaban J connectivity index is 0.993. The van der Waals surface area contributed by atoms with Gasteiger partial charge in [-0.25, -0.2) is 19.2 Å². The Bertz CT molecular complexity index is 2520. The Hall–Kier alpha value is -7.46. The standard InChI is InChI=1S/C50H65ClN10O12/c1-29(2)41(59-48(69)73-50(3,4)5)44(65)57-38(8-7-20-53-46(52)67)42(63)55-34-13-9-30(10-14-34)28-72-49(70)60(6)21-23-71-22-19-32-12-15-35(25-37(32)51)56-47(68)54-26-31-11-16-36-33(24-31)27-61(45(36)66)39-17-18-40(62)58-43(39)64/h9-16,24-25,29,38-39,41H,7-8,17-23,26-28H2,1-6H3,(H,55,63)(H,57,65)(H,59,69)(H3,52,53,67)(H2,54,56,68)(H,58,62,64)/t38-,39?,41-/m0/s1. The number of halogens is 1. The molecular weight excluding hydrogens is 968 g/mol. The molecule has 3 aromatic carbocycles. The van der Waals surface area contributed by atoms with Gasteiger partial charge in [0.05, 0.1) is 13.2 Å². The lowest BCUT2D eigenvalue weighted by Crippen LogP contribution is -2.55. The summed E-state index contributed by atoms with van der Waals surface area (Å²) in [5.41, 5.74) is 8.65. The molecule has 1 saturated heterocycles. The molecule has 2 heterocycles. The van der Waals surface area contributed by atoms with Crippen LogP contribution in [0.15, 0.2) is 60.7 Å². The predicted octanol–water partition coefficient (Wildman–Crippen LogP) is 4.67. The van der Waals surface area contributed by atoms with Gasteiger partial charge in [-0.05, 0) is 105 Å². The number of hydrogen-bond acceptors (Lipinski definition) is 12. The van der Waals surface area contributed by atoms with Crippen molar-refractivity contribution in [3.63, 3.8) is 0 Å². The molecule has 1 unspecified atom stereocenters. The first-order valence-corrected chi connectivity index (χ1v) is 24.2. The quantitative estimate of drug-likeness (QED) is 0.0503. The number of likely N-dealkylation sites (N-methyl/N-ethyl adjacent to an activating group) is 1. The first-order chi connectivity index (χ1) is 34.6. The summed E-state index contributed by atoms with van der Waals surface area (Å²) in [6.45, 7) is 9.85. The van der Waals surface area contributed by atoms with Crippen molar-refractivity contribution in [2.75, 3.05) is 44.0 Å². The van der Waals surface area contributed by atoms with Crippen molar-refractivity contribution in [3.8, 4) is 0 Å². The molecule has 2 aliphatic rings. The van der Waals surface area contributed by atoms with Crippen LogP contribution in [0.1, 0.15) is 92.9 Å². The highest BCUT2D eigenvalue weighted by Crippen LogP contribution is 2.28. The maximum Gasteiger partial charge on any atom is 0.409 e. The number of rotatable bonds is 22. The number of piperidine rings is 1. The van der Waals surface area contributed by atoms with E-state index in [1.807, 2.05) is 6.07 Å². The number of fused-ring (bicyclic) bond motifs is 1. The summed E-state index contributed by atoms with van der Waals surface area (Å²) in [5, 5.41) is 18.8. The number of anilines is 2. The number of carbonyl (C=O) groups is 9. The molecule has 0 bridgehead atoms. The Morgan fingerprint density at radius 1 is 0.890 bits per heavy atom. The van der Waals surface area contributed by atoms with E-state index >= 15 is 0 Å². The molecule has 23 heteroatoms. The fourth-order valence-electron chi connectivity index (χ4n) is 7.69. The molecule has 3 aromatic rings. The molecule has 9 N–H and O–H groups in total. The first kappa shape index (κ1) is 56.5. The second-order valence-corrected chi connectivity index (χ2v) is 19.3. The van der Waals surface area contributed by atoms with E-state index in [2.05, 4.69) is 37.2 Å². The number of benzene rings is 3. The molecule has 11 amide bonds.